The summed E-state index contributed by atoms with van der Waals surface area (Å²) in [5.74, 6) is -1.23. The molecule has 0 aliphatic carbocycles. The Kier molecular flexibility index (Phi) is 10.7. The van der Waals surface area contributed by atoms with Crippen molar-refractivity contribution in [3.63, 3.8) is 0 Å². The molecule has 6 N–H and O–H groups in total. The number of Topliss-reactive ketones (excluding diaryl/α,β-unsaturated/α-hetero) is 1. The zero-order chi connectivity index (χ0) is 27.7. The highest BCUT2D eigenvalue weighted by molar-refractivity contribution is 5.94. The standard InChI is InChI=1S/C27H38N6O5/c1-3-23(35)21(11-12-28)30-27(38)25(18(2)34)31-26(37)22-15-29-13-14-32(22)16-19-9-10-24(36)33(17-19)20-7-5-4-6-8-20/h4-10,17-18,21-22,25,29,34H,3,11-16,28H2,1-2H3,(H,30,38)(H,31,37)/t18-,21-,22-,25-/m0/s1. The number of aliphatic hydroxyl groups excluding tert-OH is 1. The fourth-order valence-electron chi connectivity index (χ4n) is 4.49. The van der Waals surface area contributed by atoms with Gasteiger partial charge < -0.3 is 26.8 Å². The van der Waals surface area contributed by atoms with E-state index in [0.29, 0.717) is 26.2 Å². The van der Waals surface area contributed by atoms with Gasteiger partial charge in [0, 0.05) is 50.6 Å². The first kappa shape index (κ1) is 29.2. The van der Waals surface area contributed by atoms with Gasteiger partial charge >= 0.3 is 0 Å². The Morgan fingerprint density at radius 2 is 1.89 bits per heavy atom. The quantitative estimate of drug-likeness (QED) is 0.243. The van der Waals surface area contributed by atoms with Crippen LogP contribution in [0.5, 0.6) is 0 Å². The second-order valence-electron chi connectivity index (χ2n) is 9.46. The molecule has 1 saturated heterocycles. The van der Waals surface area contributed by atoms with Crippen LogP contribution in [0.15, 0.2) is 53.5 Å². The molecular formula is C27H38N6O5. The molecule has 0 saturated carbocycles. The van der Waals surface area contributed by atoms with Crippen molar-refractivity contribution in [3.05, 3.63) is 64.6 Å². The van der Waals surface area contributed by atoms with E-state index in [1.807, 2.05) is 35.2 Å². The molecule has 4 atom stereocenters. The molecule has 0 spiro atoms. The molecule has 1 aromatic heterocycles. The van der Waals surface area contributed by atoms with E-state index in [1.54, 1.807) is 23.8 Å². The van der Waals surface area contributed by atoms with Crippen molar-refractivity contribution >= 4 is 17.6 Å². The molecule has 3 rings (SSSR count). The van der Waals surface area contributed by atoms with Gasteiger partial charge in [0.15, 0.2) is 5.78 Å². The molecule has 11 heteroatoms. The van der Waals surface area contributed by atoms with Gasteiger partial charge in [0.05, 0.1) is 12.1 Å². The number of nitrogens with zero attached hydrogens (tertiary/aromatic N) is 2. The van der Waals surface area contributed by atoms with Crippen LogP contribution in [-0.4, -0.2) is 82.6 Å². The maximum Gasteiger partial charge on any atom is 0.255 e. The average Bonchev–Trinajstić information content (AvgIpc) is 2.92. The summed E-state index contributed by atoms with van der Waals surface area (Å²) in [7, 11) is 0. The minimum absolute atomic E-state index is 0.158. The lowest BCUT2D eigenvalue weighted by Gasteiger charge is -2.36. The van der Waals surface area contributed by atoms with Gasteiger partial charge in [0.1, 0.15) is 12.1 Å². The number of nitrogens with two attached hydrogens (primary N) is 1. The number of piperazine rings is 1. The molecular weight excluding hydrogens is 488 g/mol. The number of hydrogen-bond acceptors (Lipinski definition) is 8. The highest BCUT2D eigenvalue weighted by Crippen LogP contribution is 2.13. The molecule has 1 aromatic carbocycles. The number of para-hydroxylation sites is 1. The van der Waals surface area contributed by atoms with Crippen molar-refractivity contribution in [2.75, 3.05) is 26.2 Å². The first-order chi connectivity index (χ1) is 18.2. The normalized spacial score (nSPS) is 18.3. The summed E-state index contributed by atoms with van der Waals surface area (Å²) in [5, 5.41) is 18.8. The summed E-state index contributed by atoms with van der Waals surface area (Å²) in [6.07, 6.45) is 1.08. The van der Waals surface area contributed by atoms with Crippen LogP contribution in [0.25, 0.3) is 5.69 Å². The van der Waals surface area contributed by atoms with Crippen LogP contribution in [-0.2, 0) is 20.9 Å². The molecule has 0 bridgehead atoms. The maximum absolute atomic E-state index is 13.3. The Hall–Kier alpha value is -3.38. The lowest BCUT2D eigenvalue weighted by atomic mass is 10.0. The van der Waals surface area contributed by atoms with Crippen LogP contribution >= 0.6 is 0 Å². The lowest BCUT2D eigenvalue weighted by molar-refractivity contribution is -0.136. The van der Waals surface area contributed by atoms with Gasteiger partial charge in [-0.25, -0.2) is 0 Å². The number of pyridine rings is 1. The molecule has 2 aromatic rings. The molecule has 2 amide bonds. The summed E-state index contributed by atoms with van der Waals surface area (Å²) in [6.45, 7) is 5.31. The number of amides is 2. The third-order valence-electron chi connectivity index (χ3n) is 6.62. The van der Waals surface area contributed by atoms with Crippen LogP contribution < -0.4 is 27.2 Å². The van der Waals surface area contributed by atoms with Gasteiger partial charge in [-0.15, -0.1) is 0 Å². The van der Waals surface area contributed by atoms with E-state index >= 15 is 0 Å². The van der Waals surface area contributed by atoms with E-state index < -0.39 is 36.0 Å². The van der Waals surface area contributed by atoms with Crippen molar-refractivity contribution in [2.24, 2.45) is 5.73 Å². The van der Waals surface area contributed by atoms with E-state index in [1.165, 1.54) is 13.0 Å². The predicted octanol–water partition coefficient (Wildman–Crippen LogP) is -0.710. The van der Waals surface area contributed by atoms with Crippen LogP contribution in [0.3, 0.4) is 0 Å². The van der Waals surface area contributed by atoms with Crippen LogP contribution in [0, 0.1) is 0 Å². The SMILES string of the molecule is CCC(=O)[C@H](CCN)NC(=O)[C@@H](NC(=O)[C@@H]1CNCCN1Cc1ccc(=O)n(-c2ccccc2)c1)[C@H](C)O. The van der Waals surface area contributed by atoms with Gasteiger partial charge in [-0.05, 0) is 37.6 Å². The Balaban J connectivity index is 1.74. The number of benzene rings is 1. The molecule has 1 fully saturated rings. The number of carbonyl (C=O) groups excluding carboxylic acids is 3. The highest BCUT2D eigenvalue weighted by atomic mass is 16.3. The number of ketones is 1. The fraction of sp³-hybridized carbons (Fsp3) is 0.481. The van der Waals surface area contributed by atoms with Crippen LogP contribution in [0.4, 0.5) is 0 Å². The minimum atomic E-state index is -1.24. The predicted molar refractivity (Wildman–Crippen MR) is 144 cm³/mol. The van der Waals surface area contributed by atoms with E-state index in [0.717, 1.165) is 11.3 Å². The Labute approximate surface area is 222 Å². The van der Waals surface area contributed by atoms with E-state index in [-0.39, 0.29) is 30.7 Å². The fourth-order valence-corrected chi connectivity index (χ4v) is 4.49. The lowest BCUT2D eigenvalue weighted by Crippen LogP contribution is -2.62. The monoisotopic (exact) mass is 526 g/mol. The van der Waals surface area contributed by atoms with Crippen LogP contribution in [0.2, 0.25) is 0 Å². The van der Waals surface area contributed by atoms with Crippen LogP contribution in [0.1, 0.15) is 32.3 Å². The second-order valence-corrected chi connectivity index (χ2v) is 9.46. The average molecular weight is 527 g/mol. The van der Waals surface area contributed by atoms with Crippen molar-refractivity contribution in [1.82, 2.24) is 25.4 Å². The number of aliphatic hydroxyl groups is 1. The molecule has 11 nitrogen and oxygen atoms in total. The Morgan fingerprint density at radius 1 is 1.16 bits per heavy atom. The van der Waals surface area contributed by atoms with E-state index in [2.05, 4.69) is 16.0 Å². The number of nitrogens with one attached hydrogen (secondary N) is 3. The molecule has 206 valence electrons. The third-order valence-corrected chi connectivity index (χ3v) is 6.62. The zero-order valence-electron chi connectivity index (χ0n) is 21.9. The number of hydrogen-bond donors (Lipinski definition) is 5. The molecule has 38 heavy (non-hydrogen) atoms. The van der Waals surface area contributed by atoms with Crippen molar-refractivity contribution < 1.29 is 19.5 Å². The van der Waals surface area contributed by atoms with Crippen molar-refractivity contribution in [2.45, 2.75) is 57.5 Å². The van der Waals surface area contributed by atoms with Gasteiger partial charge in [-0.2, -0.15) is 0 Å². The Bertz CT molecular complexity index is 1150. The van der Waals surface area contributed by atoms with E-state index in [4.69, 9.17) is 5.73 Å². The van der Waals surface area contributed by atoms with Crippen molar-refractivity contribution in [3.8, 4) is 5.69 Å². The van der Waals surface area contributed by atoms with Crippen molar-refractivity contribution in [1.29, 1.82) is 0 Å². The minimum Gasteiger partial charge on any atom is -0.391 e. The molecule has 2 heterocycles. The van der Waals surface area contributed by atoms with Gasteiger partial charge in [0.25, 0.3) is 5.56 Å². The first-order valence-electron chi connectivity index (χ1n) is 13.0. The van der Waals surface area contributed by atoms with Gasteiger partial charge in [0.2, 0.25) is 11.8 Å². The molecule has 0 unspecified atom stereocenters. The topological polar surface area (TPSA) is 159 Å². The Morgan fingerprint density at radius 3 is 2.55 bits per heavy atom. The molecule has 0 radical (unpaired) electrons. The molecule has 1 aliphatic rings. The first-order valence-corrected chi connectivity index (χ1v) is 13.0. The summed E-state index contributed by atoms with van der Waals surface area (Å²) in [6, 6.07) is 9.90. The largest absolute Gasteiger partial charge is 0.391 e. The summed E-state index contributed by atoms with van der Waals surface area (Å²) in [4.78, 5) is 52.9. The summed E-state index contributed by atoms with van der Waals surface area (Å²) in [5.41, 5.74) is 7.02. The highest BCUT2D eigenvalue weighted by Gasteiger charge is 2.34. The third kappa shape index (κ3) is 7.57. The number of aromatic nitrogens is 1. The van der Waals surface area contributed by atoms with Gasteiger partial charge in [-0.3, -0.25) is 28.6 Å². The summed E-state index contributed by atoms with van der Waals surface area (Å²) < 4.78 is 1.57. The molecule has 1 aliphatic heterocycles. The number of carbonyl (C=O) groups is 3. The smallest absolute Gasteiger partial charge is 0.255 e. The second kappa shape index (κ2) is 14.0. The summed E-state index contributed by atoms with van der Waals surface area (Å²) >= 11 is 0. The maximum atomic E-state index is 13.3. The van der Waals surface area contributed by atoms with Gasteiger partial charge in [-0.1, -0.05) is 31.2 Å². The zero-order valence-corrected chi connectivity index (χ0v) is 21.9. The van der Waals surface area contributed by atoms with E-state index in [9.17, 15) is 24.3 Å². The number of rotatable bonds is 12.